The van der Waals surface area contributed by atoms with E-state index >= 15 is 0 Å². The van der Waals surface area contributed by atoms with E-state index < -0.39 is 24.5 Å². The Bertz CT molecular complexity index is 890. The summed E-state index contributed by atoms with van der Waals surface area (Å²) in [7, 11) is 0. The lowest BCUT2D eigenvalue weighted by molar-refractivity contribution is -0.162. The molecule has 1 saturated carbocycles. The first-order valence-corrected chi connectivity index (χ1v) is 10.4. The van der Waals surface area contributed by atoms with Crippen LogP contribution in [0.2, 0.25) is 0 Å². The Morgan fingerprint density at radius 1 is 1.07 bits per heavy atom. The van der Waals surface area contributed by atoms with Crippen LogP contribution < -0.4 is 5.32 Å². The van der Waals surface area contributed by atoms with Gasteiger partial charge in [0.25, 0.3) is 5.91 Å². The van der Waals surface area contributed by atoms with Crippen molar-refractivity contribution in [3.05, 3.63) is 42.0 Å². The number of imide groups is 1. The summed E-state index contributed by atoms with van der Waals surface area (Å²) in [5.41, 5.74) is 1.66. The summed E-state index contributed by atoms with van der Waals surface area (Å²) >= 11 is 0. The van der Waals surface area contributed by atoms with E-state index in [0.717, 1.165) is 16.9 Å². The molecule has 3 aliphatic rings. The van der Waals surface area contributed by atoms with Crippen LogP contribution in [0.15, 0.2) is 36.4 Å². The van der Waals surface area contributed by atoms with Gasteiger partial charge in [-0.05, 0) is 43.2 Å². The van der Waals surface area contributed by atoms with Gasteiger partial charge in [-0.25, -0.2) is 4.79 Å². The van der Waals surface area contributed by atoms with E-state index in [1.807, 2.05) is 31.2 Å². The summed E-state index contributed by atoms with van der Waals surface area (Å²) in [6.07, 6.45) is 4.86. The predicted octanol–water partition coefficient (Wildman–Crippen LogP) is 2.31. The fraction of sp³-hybridized carbons (Fsp3) is 0.478. The molecule has 1 aliphatic heterocycles. The van der Waals surface area contributed by atoms with Gasteiger partial charge in [-0.15, -0.1) is 0 Å². The highest BCUT2D eigenvalue weighted by molar-refractivity contribution is 6.09. The number of amides is 3. The molecule has 158 valence electrons. The van der Waals surface area contributed by atoms with Crippen LogP contribution in [0.25, 0.3) is 0 Å². The lowest BCUT2D eigenvalue weighted by Crippen LogP contribution is -2.50. The van der Waals surface area contributed by atoms with Crippen LogP contribution in [0.5, 0.6) is 0 Å². The molecule has 4 rings (SSSR count). The van der Waals surface area contributed by atoms with Gasteiger partial charge in [0.1, 0.15) is 6.04 Å². The van der Waals surface area contributed by atoms with Crippen molar-refractivity contribution in [1.29, 1.82) is 0 Å². The van der Waals surface area contributed by atoms with Crippen LogP contribution in [0.1, 0.15) is 25.8 Å². The smallest absolute Gasteiger partial charge is 0.330 e. The molecule has 0 unspecified atom stereocenters. The van der Waals surface area contributed by atoms with Crippen molar-refractivity contribution in [2.45, 2.75) is 33.2 Å². The SMILES string of the molecule is Cc1ccc(NC(=O)COC(=O)[C@H](C(C)C)N2C(=O)[C@@H]3[C@@H](C2=O)[C@H]2C=C[C@H]3C2)cc1. The monoisotopic (exact) mass is 410 g/mol. The number of carbonyl (C=O) groups is 4. The van der Waals surface area contributed by atoms with Crippen molar-refractivity contribution in [2.24, 2.45) is 29.6 Å². The molecule has 0 spiro atoms. The molecule has 7 nitrogen and oxygen atoms in total. The molecule has 2 aliphatic carbocycles. The minimum absolute atomic E-state index is 0.0746. The Morgan fingerprint density at radius 2 is 1.63 bits per heavy atom. The Morgan fingerprint density at radius 3 is 2.17 bits per heavy atom. The average Bonchev–Trinajstić information content (AvgIpc) is 3.38. The van der Waals surface area contributed by atoms with Gasteiger partial charge in [0.2, 0.25) is 11.8 Å². The van der Waals surface area contributed by atoms with Crippen LogP contribution >= 0.6 is 0 Å². The number of nitrogens with one attached hydrogen (secondary N) is 1. The molecule has 30 heavy (non-hydrogen) atoms. The van der Waals surface area contributed by atoms with Crippen LogP contribution in [0.4, 0.5) is 5.69 Å². The fourth-order valence-electron chi connectivity index (χ4n) is 4.93. The molecular weight excluding hydrogens is 384 g/mol. The molecular formula is C23H26N2O5. The Kier molecular flexibility index (Phi) is 5.22. The van der Waals surface area contributed by atoms with Crippen molar-refractivity contribution < 1.29 is 23.9 Å². The third-order valence-electron chi connectivity index (χ3n) is 6.34. The van der Waals surface area contributed by atoms with E-state index in [9.17, 15) is 19.2 Å². The molecule has 0 aromatic heterocycles. The molecule has 3 amide bonds. The number of hydrogen-bond donors (Lipinski definition) is 1. The zero-order chi connectivity index (χ0) is 21.6. The first-order valence-electron chi connectivity index (χ1n) is 10.4. The van der Waals surface area contributed by atoms with Crippen LogP contribution in [0.3, 0.4) is 0 Å². The number of benzene rings is 1. The van der Waals surface area contributed by atoms with Crippen molar-refractivity contribution in [1.82, 2.24) is 4.90 Å². The van der Waals surface area contributed by atoms with E-state index in [1.165, 1.54) is 0 Å². The summed E-state index contributed by atoms with van der Waals surface area (Å²) in [5, 5.41) is 2.66. The lowest BCUT2D eigenvalue weighted by Gasteiger charge is -2.28. The Hall–Kier alpha value is -2.96. The third kappa shape index (κ3) is 3.42. The molecule has 1 aromatic carbocycles. The normalized spacial score (nSPS) is 27.5. The summed E-state index contributed by atoms with van der Waals surface area (Å²) in [4.78, 5) is 52.1. The Labute approximate surface area is 175 Å². The van der Waals surface area contributed by atoms with Crippen molar-refractivity contribution in [2.75, 3.05) is 11.9 Å². The molecule has 2 bridgehead atoms. The predicted molar refractivity (Wildman–Crippen MR) is 109 cm³/mol. The van der Waals surface area contributed by atoms with Crippen LogP contribution in [-0.2, 0) is 23.9 Å². The van der Waals surface area contributed by atoms with Crippen molar-refractivity contribution in [3.8, 4) is 0 Å². The number of likely N-dealkylation sites (tertiary alicyclic amines) is 1. The van der Waals surface area contributed by atoms with Crippen molar-refractivity contribution in [3.63, 3.8) is 0 Å². The number of ether oxygens (including phenoxy) is 1. The summed E-state index contributed by atoms with van der Waals surface area (Å²) < 4.78 is 5.21. The van der Waals surface area contributed by atoms with Gasteiger partial charge in [-0.2, -0.15) is 0 Å². The molecule has 2 fully saturated rings. The van der Waals surface area contributed by atoms with Gasteiger partial charge in [-0.3, -0.25) is 19.3 Å². The number of fused-ring (bicyclic) bond motifs is 5. The van der Waals surface area contributed by atoms with E-state index in [4.69, 9.17) is 4.74 Å². The number of esters is 1. The van der Waals surface area contributed by atoms with Gasteiger partial charge in [-0.1, -0.05) is 43.7 Å². The molecule has 1 aromatic rings. The first-order chi connectivity index (χ1) is 14.3. The topological polar surface area (TPSA) is 92.8 Å². The summed E-state index contributed by atoms with van der Waals surface area (Å²) in [6.45, 7) is 4.99. The van der Waals surface area contributed by atoms with E-state index in [2.05, 4.69) is 5.32 Å². The number of anilines is 1. The lowest BCUT2D eigenvalue weighted by atomic mass is 9.85. The van der Waals surface area contributed by atoms with Gasteiger partial charge in [0.15, 0.2) is 6.61 Å². The maximum Gasteiger partial charge on any atom is 0.330 e. The number of nitrogens with zero attached hydrogens (tertiary/aromatic N) is 1. The second-order valence-electron chi connectivity index (χ2n) is 8.76. The van der Waals surface area contributed by atoms with Gasteiger partial charge < -0.3 is 10.1 Å². The molecule has 1 saturated heterocycles. The number of rotatable bonds is 6. The van der Waals surface area contributed by atoms with Crippen LogP contribution in [0, 0.1) is 36.5 Å². The maximum atomic E-state index is 13.0. The highest BCUT2D eigenvalue weighted by Gasteiger charge is 2.61. The number of hydrogen-bond acceptors (Lipinski definition) is 5. The van der Waals surface area contributed by atoms with E-state index in [0.29, 0.717) is 5.69 Å². The maximum absolute atomic E-state index is 13.0. The average molecular weight is 410 g/mol. The molecule has 7 heteroatoms. The largest absolute Gasteiger partial charge is 0.454 e. The first kappa shape index (κ1) is 20.3. The second kappa shape index (κ2) is 7.70. The standard InChI is InChI=1S/C23H26N2O5/c1-12(2)20(23(29)30-11-17(26)24-16-8-4-13(3)5-9-16)25-21(27)18-14-6-7-15(10-14)19(18)22(25)28/h4-9,12,14-15,18-20H,10-11H2,1-3H3,(H,24,26)/t14-,15-,18-,19-,20-/m0/s1. The Balaban J connectivity index is 1.41. The molecule has 1 N–H and O–H groups in total. The second-order valence-corrected chi connectivity index (χ2v) is 8.76. The minimum Gasteiger partial charge on any atom is -0.454 e. The fourth-order valence-corrected chi connectivity index (χ4v) is 4.93. The zero-order valence-electron chi connectivity index (χ0n) is 17.3. The van der Waals surface area contributed by atoms with Gasteiger partial charge in [0, 0.05) is 5.69 Å². The highest BCUT2D eigenvalue weighted by atomic mass is 16.5. The third-order valence-corrected chi connectivity index (χ3v) is 6.34. The zero-order valence-corrected chi connectivity index (χ0v) is 17.3. The molecule has 0 radical (unpaired) electrons. The van der Waals surface area contributed by atoms with E-state index in [-0.39, 0.29) is 41.4 Å². The van der Waals surface area contributed by atoms with E-state index in [1.54, 1.807) is 26.0 Å². The van der Waals surface area contributed by atoms with Gasteiger partial charge >= 0.3 is 5.97 Å². The number of carbonyl (C=O) groups excluding carboxylic acids is 4. The minimum atomic E-state index is -1.03. The van der Waals surface area contributed by atoms with Gasteiger partial charge in [0.05, 0.1) is 11.8 Å². The number of aryl methyl sites for hydroxylation is 1. The molecule has 1 heterocycles. The van der Waals surface area contributed by atoms with Crippen molar-refractivity contribution >= 4 is 29.4 Å². The molecule has 5 atom stereocenters. The van der Waals surface area contributed by atoms with Crippen LogP contribution in [-0.4, -0.2) is 41.2 Å². The summed E-state index contributed by atoms with van der Waals surface area (Å²) in [5.74, 6) is -2.70. The quantitative estimate of drug-likeness (QED) is 0.441. The summed E-state index contributed by atoms with van der Waals surface area (Å²) in [6, 6.07) is 6.21. The highest BCUT2D eigenvalue weighted by Crippen LogP contribution is 2.53. The number of allylic oxidation sites excluding steroid dienone is 2.